The minimum absolute atomic E-state index is 0.207. The summed E-state index contributed by atoms with van der Waals surface area (Å²) >= 11 is 0. The van der Waals surface area contributed by atoms with Gasteiger partial charge in [-0.3, -0.25) is 4.79 Å². The van der Waals surface area contributed by atoms with Crippen LogP contribution >= 0.6 is 0 Å². The van der Waals surface area contributed by atoms with Crippen molar-refractivity contribution in [3.63, 3.8) is 0 Å². The highest BCUT2D eigenvalue weighted by molar-refractivity contribution is 5.74. The molecule has 1 aromatic rings. The lowest BCUT2D eigenvalue weighted by Gasteiger charge is -2.48. The Morgan fingerprint density at radius 3 is 2.28 bits per heavy atom. The maximum atomic E-state index is 11.4. The van der Waals surface area contributed by atoms with Crippen molar-refractivity contribution >= 4 is 17.7 Å². The van der Waals surface area contributed by atoms with Crippen LogP contribution in [0.15, 0.2) is 18.2 Å². The van der Waals surface area contributed by atoms with E-state index in [0.717, 1.165) is 44.1 Å². The third-order valence-electron chi connectivity index (χ3n) is 4.38. The Morgan fingerprint density at radius 1 is 1.24 bits per heavy atom. The molecule has 1 aromatic heterocycles. The normalized spacial score (nSPS) is 18.4. The lowest BCUT2D eigenvalue weighted by molar-refractivity contribution is -0.192. The van der Waals surface area contributed by atoms with Crippen molar-refractivity contribution in [2.24, 2.45) is 5.41 Å². The molecule has 0 atom stereocenters. The van der Waals surface area contributed by atoms with Crippen molar-refractivity contribution in [3.8, 4) is 0 Å². The maximum absolute atomic E-state index is 11.4. The van der Waals surface area contributed by atoms with Crippen LogP contribution in [0.4, 0.5) is 19.0 Å². The molecule has 1 spiro atoms. The Kier molecular flexibility index (Phi) is 5.24. The van der Waals surface area contributed by atoms with E-state index in [4.69, 9.17) is 9.90 Å². The van der Waals surface area contributed by atoms with E-state index < -0.39 is 12.1 Å². The number of carbonyl (C=O) groups is 2. The van der Waals surface area contributed by atoms with E-state index in [9.17, 15) is 18.0 Å². The molecule has 2 saturated heterocycles. The van der Waals surface area contributed by atoms with Crippen molar-refractivity contribution in [1.29, 1.82) is 0 Å². The van der Waals surface area contributed by atoms with Gasteiger partial charge in [0.15, 0.2) is 0 Å². The molecule has 138 valence electrons. The minimum Gasteiger partial charge on any atom is -0.475 e. The fourth-order valence-electron chi connectivity index (χ4n) is 3.09. The number of carboxylic acid groups (broad SMARTS) is 1. The number of pyridine rings is 1. The van der Waals surface area contributed by atoms with Crippen molar-refractivity contribution < 1.29 is 27.9 Å². The van der Waals surface area contributed by atoms with Gasteiger partial charge in [0.05, 0.1) is 0 Å². The second-order valence-corrected chi connectivity index (χ2v) is 6.49. The number of aryl methyl sites for hydroxylation is 1. The van der Waals surface area contributed by atoms with E-state index in [2.05, 4.69) is 22.0 Å². The number of anilines is 1. The standard InChI is InChI=1S/C14H19N3O.C2HF3O2/c1-11-4-3-5-13(15-11)17-9-14(10-17)6-7-16(8-14)12(2)18;3-2(4,5)1(6)7/h3-5H,6-10H2,1-2H3;(H,6,7). The molecular formula is C16H20F3N3O3. The Bertz CT molecular complexity index is 658. The first-order valence-electron chi connectivity index (χ1n) is 7.77. The molecule has 2 fully saturated rings. The molecule has 2 aliphatic heterocycles. The molecule has 6 nitrogen and oxygen atoms in total. The predicted octanol–water partition coefficient (Wildman–Crippen LogP) is 2.08. The number of amides is 1. The molecule has 1 amide bonds. The molecular weight excluding hydrogens is 339 g/mol. The lowest BCUT2D eigenvalue weighted by atomic mass is 9.79. The molecule has 0 aromatic carbocycles. The van der Waals surface area contributed by atoms with Gasteiger partial charge >= 0.3 is 12.1 Å². The molecule has 25 heavy (non-hydrogen) atoms. The maximum Gasteiger partial charge on any atom is 0.490 e. The molecule has 1 N–H and O–H groups in total. The van der Waals surface area contributed by atoms with Crippen LogP contribution in [-0.2, 0) is 9.59 Å². The largest absolute Gasteiger partial charge is 0.490 e. The van der Waals surface area contributed by atoms with Gasteiger partial charge in [0.1, 0.15) is 5.82 Å². The Morgan fingerprint density at radius 2 is 1.84 bits per heavy atom. The van der Waals surface area contributed by atoms with Crippen molar-refractivity contribution in [2.75, 3.05) is 31.1 Å². The molecule has 0 aliphatic carbocycles. The zero-order valence-corrected chi connectivity index (χ0v) is 14.0. The van der Waals surface area contributed by atoms with Crippen LogP contribution in [0.25, 0.3) is 0 Å². The predicted molar refractivity (Wildman–Crippen MR) is 84.2 cm³/mol. The average molecular weight is 359 g/mol. The number of rotatable bonds is 1. The fraction of sp³-hybridized carbons (Fsp3) is 0.562. The van der Waals surface area contributed by atoms with Gasteiger partial charge in [0.25, 0.3) is 0 Å². The molecule has 0 radical (unpaired) electrons. The van der Waals surface area contributed by atoms with Crippen LogP contribution in [0.3, 0.4) is 0 Å². The number of aliphatic carboxylic acids is 1. The SMILES string of the molecule is CC(=O)N1CCC2(C1)CN(c1cccc(C)n1)C2.O=C(O)C(F)(F)F. The number of hydrogen-bond donors (Lipinski definition) is 1. The molecule has 0 unspecified atom stereocenters. The minimum atomic E-state index is -5.08. The smallest absolute Gasteiger partial charge is 0.475 e. The first kappa shape index (κ1) is 19.0. The monoisotopic (exact) mass is 359 g/mol. The first-order valence-corrected chi connectivity index (χ1v) is 7.77. The van der Waals surface area contributed by atoms with Gasteiger partial charge in [-0.2, -0.15) is 13.2 Å². The summed E-state index contributed by atoms with van der Waals surface area (Å²) in [5.41, 5.74) is 1.39. The second kappa shape index (κ2) is 6.89. The topological polar surface area (TPSA) is 73.7 Å². The van der Waals surface area contributed by atoms with Crippen LogP contribution < -0.4 is 4.90 Å². The van der Waals surface area contributed by atoms with E-state index in [1.54, 1.807) is 6.92 Å². The number of likely N-dealkylation sites (tertiary alicyclic amines) is 1. The number of hydrogen-bond acceptors (Lipinski definition) is 4. The highest BCUT2D eigenvalue weighted by Crippen LogP contribution is 2.41. The Balaban J connectivity index is 0.000000277. The summed E-state index contributed by atoms with van der Waals surface area (Å²) in [5, 5.41) is 7.12. The second-order valence-electron chi connectivity index (χ2n) is 6.49. The number of carboxylic acids is 1. The summed E-state index contributed by atoms with van der Waals surface area (Å²) in [4.78, 5) is 29.1. The van der Waals surface area contributed by atoms with Gasteiger partial charge in [0, 0.05) is 44.2 Å². The van der Waals surface area contributed by atoms with Crippen LogP contribution in [-0.4, -0.2) is 59.2 Å². The third kappa shape index (κ3) is 4.61. The molecule has 0 saturated carbocycles. The number of alkyl halides is 3. The highest BCUT2D eigenvalue weighted by atomic mass is 19.4. The highest BCUT2D eigenvalue weighted by Gasteiger charge is 2.48. The molecule has 3 rings (SSSR count). The van der Waals surface area contributed by atoms with Crippen molar-refractivity contribution in [1.82, 2.24) is 9.88 Å². The molecule has 0 bridgehead atoms. The summed E-state index contributed by atoms with van der Waals surface area (Å²) in [6, 6.07) is 6.14. The summed E-state index contributed by atoms with van der Waals surface area (Å²) in [7, 11) is 0. The van der Waals surface area contributed by atoms with E-state index >= 15 is 0 Å². The van der Waals surface area contributed by atoms with E-state index in [0.29, 0.717) is 5.41 Å². The average Bonchev–Trinajstić information content (AvgIpc) is 2.91. The van der Waals surface area contributed by atoms with E-state index in [1.165, 1.54) is 0 Å². The molecule has 3 heterocycles. The lowest BCUT2D eigenvalue weighted by Crippen LogP contribution is -2.58. The van der Waals surface area contributed by atoms with Gasteiger partial charge in [-0.05, 0) is 25.5 Å². The van der Waals surface area contributed by atoms with Gasteiger partial charge in [-0.25, -0.2) is 9.78 Å². The van der Waals surface area contributed by atoms with Crippen LogP contribution in [0.5, 0.6) is 0 Å². The fourth-order valence-corrected chi connectivity index (χ4v) is 3.09. The third-order valence-corrected chi connectivity index (χ3v) is 4.38. The first-order chi connectivity index (χ1) is 11.5. The summed E-state index contributed by atoms with van der Waals surface area (Å²) < 4.78 is 31.7. The quantitative estimate of drug-likeness (QED) is 0.831. The molecule has 9 heteroatoms. The Hall–Kier alpha value is -2.32. The zero-order valence-electron chi connectivity index (χ0n) is 14.0. The van der Waals surface area contributed by atoms with Crippen molar-refractivity contribution in [2.45, 2.75) is 26.4 Å². The molecule has 2 aliphatic rings. The van der Waals surface area contributed by atoms with Gasteiger partial charge in [0.2, 0.25) is 5.91 Å². The number of carbonyl (C=O) groups excluding carboxylic acids is 1. The van der Waals surface area contributed by atoms with Gasteiger partial charge < -0.3 is 14.9 Å². The Labute approximate surface area is 143 Å². The number of aromatic nitrogens is 1. The number of halogens is 3. The van der Waals surface area contributed by atoms with Crippen LogP contribution in [0, 0.1) is 12.3 Å². The van der Waals surface area contributed by atoms with Gasteiger partial charge in [-0.1, -0.05) is 6.07 Å². The number of nitrogens with zero attached hydrogens (tertiary/aromatic N) is 3. The van der Waals surface area contributed by atoms with E-state index in [-0.39, 0.29) is 5.91 Å². The summed E-state index contributed by atoms with van der Waals surface area (Å²) in [5.74, 6) is -1.48. The van der Waals surface area contributed by atoms with Gasteiger partial charge in [-0.15, -0.1) is 0 Å². The van der Waals surface area contributed by atoms with Crippen molar-refractivity contribution in [3.05, 3.63) is 23.9 Å². The van der Waals surface area contributed by atoms with Crippen LogP contribution in [0.1, 0.15) is 19.0 Å². The summed E-state index contributed by atoms with van der Waals surface area (Å²) in [6.45, 7) is 7.60. The van der Waals surface area contributed by atoms with E-state index in [1.807, 2.05) is 17.9 Å². The van der Waals surface area contributed by atoms with Crippen LogP contribution in [0.2, 0.25) is 0 Å². The summed E-state index contributed by atoms with van der Waals surface area (Å²) in [6.07, 6.45) is -3.95. The zero-order chi connectivity index (χ0) is 18.8.